The van der Waals surface area contributed by atoms with Crippen LogP contribution in [0, 0.1) is 17.8 Å². The number of carbonyl (C=O) groups excluding carboxylic acids is 3. The third-order valence-corrected chi connectivity index (χ3v) is 11.6. The summed E-state index contributed by atoms with van der Waals surface area (Å²) in [6.07, 6.45) is -0.366. The van der Waals surface area contributed by atoms with Crippen LogP contribution >= 0.6 is 0 Å². The number of hydrazine groups is 1. The second kappa shape index (κ2) is 17.6. The third-order valence-electron chi connectivity index (χ3n) is 11.6. The molecule has 0 spiro atoms. The quantitative estimate of drug-likeness (QED) is 0.223. The van der Waals surface area contributed by atoms with E-state index in [0.29, 0.717) is 37.8 Å². The number of esters is 1. The summed E-state index contributed by atoms with van der Waals surface area (Å²) in [4.78, 5) is 44.0. The summed E-state index contributed by atoms with van der Waals surface area (Å²) in [5, 5.41) is 23.0. The zero-order valence-electron chi connectivity index (χ0n) is 33.5. The summed E-state index contributed by atoms with van der Waals surface area (Å²) >= 11 is 0. The van der Waals surface area contributed by atoms with E-state index in [-0.39, 0.29) is 30.1 Å². The number of phenolic OH excluding ortho intramolecular Hbond substituents is 1. The molecule has 0 aliphatic carbocycles. The van der Waals surface area contributed by atoms with Gasteiger partial charge in [-0.2, -0.15) is 0 Å². The maximum absolute atomic E-state index is 14.6. The lowest BCUT2D eigenvalue weighted by atomic mass is 9.74. The first-order chi connectivity index (χ1) is 24.9. The molecule has 2 fully saturated rings. The molecule has 13 heteroatoms. The van der Waals surface area contributed by atoms with Gasteiger partial charge >= 0.3 is 12.1 Å². The van der Waals surface area contributed by atoms with Crippen molar-refractivity contribution >= 4 is 17.8 Å². The van der Waals surface area contributed by atoms with Crippen molar-refractivity contribution in [3.8, 4) is 5.75 Å². The fourth-order valence-corrected chi connectivity index (χ4v) is 8.64. The van der Waals surface area contributed by atoms with Crippen LogP contribution in [0.25, 0.3) is 0 Å². The smallest absolute Gasteiger partial charge is 0.425 e. The normalized spacial score (nSPS) is 38.5. The lowest BCUT2D eigenvalue weighted by Gasteiger charge is -2.46. The van der Waals surface area contributed by atoms with Crippen LogP contribution in [0.1, 0.15) is 86.6 Å². The van der Waals surface area contributed by atoms with Gasteiger partial charge in [-0.15, -0.1) is 0 Å². The van der Waals surface area contributed by atoms with Crippen molar-refractivity contribution in [1.29, 1.82) is 0 Å². The molecule has 3 N–H and O–H groups in total. The average molecular weight is 746 g/mol. The Bertz CT molecular complexity index is 1470. The summed E-state index contributed by atoms with van der Waals surface area (Å²) in [7, 11) is 5.38. The number of ether oxygens (including phenoxy) is 5. The Morgan fingerprint density at radius 3 is 2.40 bits per heavy atom. The summed E-state index contributed by atoms with van der Waals surface area (Å²) in [5.41, 5.74) is 1.85. The van der Waals surface area contributed by atoms with Gasteiger partial charge < -0.3 is 38.8 Å². The summed E-state index contributed by atoms with van der Waals surface area (Å²) in [5.74, 6) is -2.30. The van der Waals surface area contributed by atoms with Crippen molar-refractivity contribution < 1.29 is 48.3 Å². The molecule has 1 aromatic rings. The first-order valence-electron chi connectivity index (χ1n) is 19.0. The molecule has 3 heterocycles. The van der Waals surface area contributed by atoms with E-state index in [1.807, 2.05) is 65.7 Å². The second-order valence-corrected chi connectivity index (χ2v) is 16.0. The minimum Gasteiger partial charge on any atom is -0.508 e. The number of fused-ring (bicyclic) bond motifs is 1. The molecule has 3 aliphatic rings. The van der Waals surface area contributed by atoms with E-state index in [9.17, 15) is 24.6 Å². The van der Waals surface area contributed by atoms with Gasteiger partial charge in [0.25, 0.3) is 0 Å². The van der Waals surface area contributed by atoms with Gasteiger partial charge in [0.1, 0.15) is 29.8 Å². The number of methoxy groups -OCH3 is 1. The van der Waals surface area contributed by atoms with Gasteiger partial charge in [0.05, 0.1) is 17.8 Å². The predicted molar refractivity (Wildman–Crippen MR) is 199 cm³/mol. The molecule has 1 amide bonds. The number of benzene rings is 1. The van der Waals surface area contributed by atoms with Gasteiger partial charge in [-0.05, 0) is 85.5 Å². The van der Waals surface area contributed by atoms with Crippen LogP contribution in [0.3, 0.4) is 0 Å². The number of nitrogens with zero attached hydrogens (tertiary/aromatic N) is 2. The third kappa shape index (κ3) is 9.25. The Kier molecular flexibility index (Phi) is 14.2. The number of hydrogen-bond donors (Lipinski definition) is 3. The van der Waals surface area contributed by atoms with Crippen LogP contribution in [0.5, 0.6) is 5.75 Å². The lowest BCUT2D eigenvalue weighted by Crippen LogP contribution is -2.60. The number of rotatable bonds is 10. The van der Waals surface area contributed by atoms with Gasteiger partial charge in [0.15, 0.2) is 11.9 Å². The van der Waals surface area contributed by atoms with Gasteiger partial charge in [-0.3, -0.25) is 4.79 Å². The Morgan fingerprint density at radius 1 is 1.09 bits per heavy atom. The maximum atomic E-state index is 14.6. The molecule has 3 aliphatic heterocycles. The van der Waals surface area contributed by atoms with Gasteiger partial charge in [-0.25, -0.2) is 20.0 Å². The molecule has 0 bridgehead atoms. The number of aliphatic hydroxyl groups is 1. The number of amides is 1. The molecular formula is C40H63N3O10. The number of phenols is 1. The van der Waals surface area contributed by atoms with E-state index in [1.165, 1.54) is 5.01 Å². The number of nitrogens with one attached hydrogen (secondary N) is 1. The maximum Gasteiger partial charge on any atom is 0.425 e. The van der Waals surface area contributed by atoms with Gasteiger partial charge in [0.2, 0.25) is 0 Å². The Morgan fingerprint density at radius 2 is 1.77 bits per heavy atom. The summed E-state index contributed by atoms with van der Waals surface area (Å²) in [6.45, 7) is 14.9. The van der Waals surface area contributed by atoms with Crippen LogP contribution < -0.4 is 5.43 Å². The predicted octanol–water partition coefficient (Wildman–Crippen LogP) is 4.77. The summed E-state index contributed by atoms with van der Waals surface area (Å²) < 4.78 is 31.3. The van der Waals surface area contributed by atoms with Crippen molar-refractivity contribution in [2.45, 2.75) is 141 Å². The number of likely N-dealkylation sites (N-methyl/N-ethyl adjacent to an activating group) is 1. The van der Waals surface area contributed by atoms with Crippen molar-refractivity contribution in [2.75, 3.05) is 27.7 Å². The van der Waals surface area contributed by atoms with E-state index in [2.05, 4.69) is 5.43 Å². The molecule has 4 rings (SSSR count). The molecule has 53 heavy (non-hydrogen) atoms. The molecule has 13 nitrogen and oxygen atoms in total. The largest absolute Gasteiger partial charge is 0.508 e. The highest BCUT2D eigenvalue weighted by molar-refractivity contribution is 5.88. The highest BCUT2D eigenvalue weighted by Crippen LogP contribution is 2.42. The van der Waals surface area contributed by atoms with E-state index >= 15 is 0 Å². The molecule has 0 saturated carbocycles. The first-order valence-corrected chi connectivity index (χ1v) is 19.0. The van der Waals surface area contributed by atoms with Crippen LogP contribution in [0.15, 0.2) is 35.9 Å². The number of cyclic esters (lactones) is 1. The zero-order valence-corrected chi connectivity index (χ0v) is 33.5. The Hall–Kier alpha value is -3.07. The van der Waals surface area contributed by atoms with Crippen LogP contribution in [0.2, 0.25) is 0 Å². The number of ketones is 1. The number of Topliss-reactive ketones (excluding diaryl/α,β-unsaturated/α-hetero) is 1. The van der Waals surface area contributed by atoms with E-state index < -0.39 is 71.7 Å². The van der Waals surface area contributed by atoms with Gasteiger partial charge in [-0.1, -0.05) is 52.0 Å². The minimum atomic E-state index is -1.37. The fraction of sp³-hybridized carbons (Fsp3) is 0.725. The molecule has 1 aromatic carbocycles. The average Bonchev–Trinajstić information content (AvgIpc) is 3.37. The molecule has 12 atom stereocenters. The Labute approximate surface area is 315 Å². The molecule has 298 valence electrons. The van der Waals surface area contributed by atoms with Crippen LogP contribution in [-0.2, 0) is 39.7 Å². The molecule has 0 unspecified atom stereocenters. The molecule has 0 aromatic heterocycles. The highest BCUT2D eigenvalue weighted by atomic mass is 16.7. The number of aryl methyl sites for hydroxylation is 1. The minimum absolute atomic E-state index is 0.129. The first kappa shape index (κ1) is 42.7. The van der Waals surface area contributed by atoms with Crippen molar-refractivity contribution in [3.05, 3.63) is 41.5 Å². The fourth-order valence-electron chi connectivity index (χ4n) is 8.64. The topological polar surface area (TPSA) is 156 Å². The number of hydrogen-bond acceptors (Lipinski definition) is 12. The SMILES string of the molecule is CC[C@H]1OC(=O)/C(C)=C/[C@H](C)[C@@H](O[C@@H]2O[C@H](C)C[C@H](N(C)C)[C@H]2O)[C@@](C)(OC)C[C@@H](C)C(=O)[C@H](C)[C@H]2N(NCCCc3ccccc3O)C(=O)O[C@]12C. The van der Waals surface area contributed by atoms with E-state index in [4.69, 9.17) is 23.7 Å². The number of carbonyl (C=O) groups is 3. The van der Waals surface area contributed by atoms with Crippen molar-refractivity contribution in [3.63, 3.8) is 0 Å². The van der Waals surface area contributed by atoms with Crippen molar-refractivity contribution in [1.82, 2.24) is 15.3 Å². The second-order valence-electron chi connectivity index (χ2n) is 16.0. The van der Waals surface area contributed by atoms with E-state index in [0.717, 1.165) is 5.56 Å². The Balaban J connectivity index is 1.70. The molecular weight excluding hydrogens is 682 g/mol. The number of para-hydroxylation sites is 1. The zero-order chi connectivity index (χ0) is 39.4. The summed E-state index contributed by atoms with van der Waals surface area (Å²) in [6, 6.07) is 6.06. The number of aliphatic hydroxyl groups excluding tert-OH is 1. The van der Waals surface area contributed by atoms with Crippen LogP contribution in [0.4, 0.5) is 4.79 Å². The lowest BCUT2D eigenvalue weighted by molar-refractivity contribution is -0.294. The van der Waals surface area contributed by atoms with Crippen LogP contribution in [-0.4, -0.2) is 120 Å². The highest BCUT2D eigenvalue weighted by Gasteiger charge is 2.60. The monoisotopic (exact) mass is 745 g/mol. The van der Waals surface area contributed by atoms with Gasteiger partial charge in [0, 0.05) is 43.0 Å². The standard InChI is InChI=1S/C40H63N3O10/c1-12-31-40(8)34(43(38(48)53-40)41-19-15-17-28-16-13-14-18-30(28)44)27(6)32(45)25(4)22-39(7,49-11)35(23(2)20-24(3)36(47)51-31)52-37-33(46)29(42(9)10)21-26(5)50-37/h13-14,16,18,20,23,25-27,29,31,33-35,37,41,44,46H,12,15,17,19,21-22H2,1-11H3/b24-20+/t23-,25+,26+,27-,29-,31+,33+,34+,35+,37-,39-,40+/m0/s1. The van der Waals surface area contributed by atoms with Crippen molar-refractivity contribution in [2.24, 2.45) is 17.8 Å². The molecule has 2 saturated heterocycles. The van der Waals surface area contributed by atoms with E-state index in [1.54, 1.807) is 46.1 Å². The number of aromatic hydroxyl groups is 1. The molecule has 0 radical (unpaired) electrons.